The van der Waals surface area contributed by atoms with Gasteiger partial charge in [0, 0.05) is 17.3 Å². The van der Waals surface area contributed by atoms with Crippen molar-refractivity contribution in [1.82, 2.24) is 4.57 Å². The Morgan fingerprint density at radius 2 is 1.76 bits per heavy atom. The van der Waals surface area contributed by atoms with Crippen LogP contribution in [0.5, 0.6) is 0 Å². The van der Waals surface area contributed by atoms with Crippen molar-refractivity contribution in [2.24, 2.45) is 0 Å². The SMILES string of the molecule is OCc1ccc2c(ccn2CC(F)(F)c2ccccc2)c1. The lowest BCUT2D eigenvalue weighted by Crippen LogP contribution is -2.20. The lowest BCUT2D eigenvalue weighted by atomic mass is 10.1. The number of nitrogens with zero attached hydrogens (tertiary/aromatic N) is 1. The molecule has 4 heteroatoms. The molecule has 0 bridgehead atoms. The Morgan fingerprint density at radius 1 is 1.00 bits per heavy atom. The van der Waals surface area contributed by atoms with Crippen molar-refractivity contribution >= 4 is 10.9 Å². The normalized spacial score (nSPS) is 12.0. The maximum atomic E-state index is 14.3. The highest BCUT2D eigenvalue weighted by atomic mass is 19.3. The molecule has 1 heterocycles. The first kappa shape index (κ1) is 13.8. The number of alkyl halides is 2. The second-order valence-corrected chi connectivity index (χ2v) is 5.07. The fraction of sp³-hybridized carbons (Fsp3) is 0.176. The topological polar surface area (TPSA) is 25.2 Å². The molecule has 0 aliphatic heterocycles. The minimum atomic E-state index is -2.93. The lowest BCUT2D eigenvalue weighted by Gasteiger charge is -2.18. The molecular formula is C17H15F2NO. The average molecular weight is 287 g/mol. The first-order valence-corrected chi connectivity index (χ1v) is 6.72. The molecule has 0 saturated carbocycles. The Labute approximate surface area is 121 Å². The molecule has 108 valence electrons. The van der Waals surface area contributed by atoms with Gasteiger partial charge in [-0.15, -0.1) is 0 Å². The number of halogens is 2. The van der Waals surface area contributed by atoms with Crippen LogP contribution in [0.2, 0.25) is 0 Å². The van der Waals surface area contributed by atoms with Gasteiger partial charge in [-0.3, -0.25) is 0 Å². The summed E-state index contributed by atoms with van der Waals surface area (Å²) in [5.41, 5.74) is 1.52. The minimum absolute atomic E-state index is 0.0128. The van der Waals surface area contributed by atoms with Crippen LogP contribution in [0, 0.1) is 0 Å². The number of aliphatic hydroxyl groups is 1. The summed E-state index contributed by atoms with van der Waals surface area (Å²) in [6, 6.07) is 14.9. The number of aliphatic hydroxyl groups excluding tert-OH is 1. The summed E-state index contributed by atoms with van der Waals surface area (Å²) in [5, 5.41) is 9.96. The summed E-state index contributed by atoms with van der Waals surface area (Å²) in [4.78, 5) is 0. The van der Waals surface area contributed by atoms with Gasteiger partial charge in [-0.1, -0.05) is 36.4 Å². The van der Waals surface area contributed by atoms with Crippen LogP contribution in [-0.4, -0.2) is 9.67 Å². The Balaban J connectivity index is 1.95. The van der Waals surface area contributed by atoms with E-state index in [1.165, 1.54) is 12.1 Å². The van der Waals surface area contributed by atoms with Crippen molar-refractivity contribution in [3.05, 3.63) is 71.9 Å². The molecule has 3 aromatic rings. The summed E-state index contributed by atoms with van der Waals surface area (Å²) in [6.45, 7) is -0.458. The molecule has 21 heavy (non-hydrogen) atoms. The summed E-state index contributed by atoms with van der Waals surface area (Å²) in [5.74, 6) is -2.93. The van der Waals surface area contributed by atoms with Crippen molar-refractivity contribution in [1.29, 1.82) is 0 Å². The zero-order chi connectivity index (χ0) is 14.9. The zero-order valence-electron chi connectivity index (χ0n) is 11.3. The first-order valence-electron chi connectivity index (χ1n) is 6.72. The predicted molar refractivity (Wildman–Crippen MR) is 78.2 cm³/mol. The number of rotatable bonds is 4. The van der Waals surface area contributed by atoms with Gasteiger partial charge in [0.2, 0.25) is 0 Å². The van der Waals surface area contributed by atoms with Crippen LogP contribution < -0.4 is 0 Å². The Kier molecular flexibility index (Phi) is 3.47. The van der Waals surface area contributed by atoms with E-state index in [2.05, 4.69) is 0 Å². The summed E-state index contributed by atoms with van der Waals surface area (Å²) < 4.78 is 30.2. The lowest BCUT2D eigenvalue weighted by molar-refractivity contribution is -0.0211. The number of aromatic nitrogens is 1. The van der Waals surface area contributed by atoms with E-state index < -0.39 is 12.5 Å². The fourth-order valence-corrected chi connectivity index (χ4v) is 2.47. The third-order valence-corrected chi connectivity index (χ3v) is 3.58. The van der Waals surface area contributed by atoms with Crippen LogP contribution >= 0.6 is 0 Å². The third kappa shape index (κ3) is 2.67. The summed E-state index contributed by atoms with van der Waals surface area (Å²) >= 11 is 0. The Morgan fingerprint density at radius 3 is 2.48 bits per heavy atom. The van der Waals surface area contributed by atoms with Crippen LogP contribution in [0.15, 0.2) is 60.8 Å². The highest BCUT2D eigenvalue weighted by Crippen LogP contribution is 2.31. The van der Waals surface area contributed by atoms with Crippen LogP contribution in [0.4, 0.5) is 8.78 Å². The maximum Gasteiger partial charge on any atom is 0.290 e. The van der Waals surface area contributed by atoms with Gasteiger partial charge in [-0.05, 0) is 29.1 Å². The molecule has 0 aliphatic rings. The Bertz CT molecular complexity index is 750. The second-order valence-electron chi connectivity index (χ2n) is 5.07. The molecule has 1 aromatic heterocycles. The molecule has 0 amide bonds. The monoisotopic (exact) mass is 287 g/mol. The van der Waals surface area contributed by atoms with Gasteiger partial charge in [0.15, 0.2) is 0 Å². The standard InChI is InChI=1S/C17H15F2NO/c18-17(19,15-4-2-1-3-5-15)12-20-9-8-14-10-13(11-21)6-7-16(14)20/h1-10,21H,11-12H2. The van der Waals surface area contributed by atoms with E-state index >= 15 is 0 Å². The predicted octanol–water partition coefficient (Wildman–Crippen LogP) is 3.93. The van der Waals surface area contributed by atoms with E-state index in [0.717, 1.165) is 16.5 Å². The van der Waals surface area contributed by atoms with Crippen LogP contribution in [0.25, 0.3) is 10.9 Å². The molecule has 0 radical (unpaired) electrons. The minimum Gasteiger partial charge on any atom is -0.392 e. The first-order chi connectivity index (χ1) is 10.1. The molecule has 2 nitrogen and oxygen atoms in total. The van der Waals surface area contributed by atoms with Crippen molar-refractivity contribution < 1.29 is 13.9 Å². The van der Waals surface area contributed by atoms with Gasteiger partial charge in [-0.2, -0.15) is 8.78 Å². The smallest absolute Gasteiger partial charge is 0.290 e. The summed E-state index contributed by atoms with van der Waals surface area (Å²) in [7, 11) is 0. The van der Waals surface area contributed by atoms with E-state index in [0.29, 0.717) is 0 Å². The molecule has 0 spiro atoms. The molecule has 0 unspecified atom stereocenters. The van der Waals surface area contributed by atoms with E-state index in [1.807, 2.05) is 6.07 Å². The maximum absolute atomic E-state index is 14.3. The molecule has 3 rings (SSSR count). The molecule has 0 atom stereocenters. The molecule has 1 N–H and O–H groups in total. The zero-order valence-corrected chi connectivity index (χ0v) is 11.3. The van der Waals surface area contributed by atoms with E-state index in [4.69, 9.17) is 5.11 Å². The van der Waals surface area contributed by atoms with Crippen LogP contribution in [0.3, 0.4) is 0 Å². The number of hydrogen-bond acceptors (Lipinski definition) is 1. The van der Waals surface area contributed by atoms with Gasteiger partial charge >= 0.3 is 0 Å². The van der Waals surface area contributed by atoms with Gasteiger partial charge in [0.05, 0.1) is 13.2 Å². The molecule has 0 saturated heterocycles. The van der Waals surface area contributed by atoms with Crippen molar-refractivity contribution in [2.75, 3.05) is 0 Å². The van der Waals surface area contributed by atoms with E-state index in [-0.39, 0.29) is 12.2 Å². The molecular weight excluding hydrogens is 272 g/mol. The molecule has 0 fully saturated rings. The van der Waals surface area contributed by atoms with Crippen molar-refractivity contribution in [3.8, 4) is 0 Å². The van der Waals surface area contributed by atoms with E-state index in [1.54, 1.807) is 47.2 Å². The van der Waals surface area contributed by atoms with Gasteiger partial charge in [0.25, 0.3) is 5.92 Å². The largest absolute Gasteiger partial charge is 0.392 e. The fourth-order valence-electron chi connectivity index (χ4n) is 2.47. The van der Waals surface area contributed by atoms with E-state index in [9.17, 15) is 8.78 Å². The quantitative estimate of drug-likeness (QED) is 0.773. The van der Waals surface area contributed by atoms with Gasteiger partial charge in [-0.25, -0.2) is 0 Å². The van der Waals surface area contributed by atoms with Crippen LogP contribution in [-0.2, 0) is 19.1 Å². The number of benzene rings is 2. The molecule has 2 aromatic carbocycles. The van der Waals surface area contributed by atoms with Crippen molar-refractivity contribution in [2.45, 2.75) is 19.1 Å². The van der Waals surface area contributed by atoms with Crippen LogP contribution in [0.1, 0.15) is 11.1 Å². The highest BCUT2D eigenvalue weighted by Gasteiger charge is 2.32. The average Bonchev–Trinajstić information content (AvgIpc) is 2.90. The second kappa shape index (κ2) is 5.30. The third-order valence-electron chi connectivity index (χ3n) is 3.58. The highest BCUT2D eigenvalue weighted by molar-refractivity contribution is 5.80. The Hall–Kier alpha value is -2.20. The number of fused-ring (bicyclic) bond motifs is 1. The number of hydrogen-bond donors (Lipinski definition) is 1. The molecule has 0 aliphatic carbocycles. The van der Waals surface area contributed by atoms with Crippen molar-refractivity contribution in [3.63, 3.8) is 0 Å². The summed E-state index contributed by atoms with van der Waals surface area (Å²) in [6.07, 6.45) is 1.66. The van der Waals surface area contributed by atoms with Gasteiger partial charge < -0.3 is 9.67 Å². The van der Waals surface area contributed by atoms with Gasteiger partial charge in [0.1, 0.15) is 0 Å².